The molecule has 12 nitrogen and oxygen atoms in total. The third-order valence-corrected chi connectivity index (χ3v) is 7.92. The number of aliphatic carboxylic acids is 4. The van der Waals surface area contributed by atoms with Gasteiger partial charge in [0.15, 0.2) is 0 Å². The first-order valence-electron chi connectivity index (χ1n) is 15.0. The van der Waals surface area contributed by atoms with E-state index in [9.17, 15) is 19.2 Å². The Bertz CT molecular complexity index is 1290. The first kappa shape index (κ1) is 37.9. The highest BCUT2D eigenvalue weighted by atomic mass is 32.2. The normalized spacial score (nSPS) is 14.3. The molecular formula is C33H43N3O9S. The number of carboxylic acids is 4. The number of carboxylic acid groups (broad SMARTS) is 4. The maximum Gasteiger partial charge on any atom is 0.328 e. The SMILES string of the molecule is CCCCOc1ccc2c(c1)Sc1ccccc1N2CCCCN1CCN(C)CC1.O=C(O)/C=C\C(=O)O.O=C(O)/C=C\C(=O)O. The van der Waals surface area contributed by atoms with Crippen LogP contribution >= 0.6 is 11.8 Å². The van der Waals surface area contributed by atoms with Gasteiger partial charge in [0, 0.05) is 66.8 Å². The Morgan fingerprint density at radius 1 is 0.739 bits per heavy atom. The fourth-order valence-electron chi connectivity index (χ4n) is 4.44. The van der Waals surface area contributed by atoms with Crippen LogP contribution in [-0.2, 0) is 19.2 Å². The molecule has 2 aromatic rings. The van der Waals surface area contributed by atoms with Crippen LogP contribution in [0.4, 0.5) is 11.4 Å². The number of ether oxygens (including phenoxy) is 1. The lowest BCUT2D eigenvalue weighted by Crippen LogP contribution is -2.44. The van der Waals surface area contributed by atoms with Gasteiger partial charge in [0.2, 0.25) is 0 Å². The highest BCUT2D eigenvalue weighted by Gasteiger charge is 2.23. The van der Waals surface area contributed by atoms with Crippen molar-refractivity contribution in [3.63, 3.8) is 0 Å². The highest BCUT2D eigenvalue weighted by Crippen LogP contribution is 2.49. The van der Waals surface area contributed by atoms with Crippen LogP contribution < -0.4 is 9.64 Å². The lowest BCUT2D eigenvalue weighted by atomic mass is 10.2. The molecule has 2 aliphatic rings. The van der Waals surface area contributed by atoms with Crippen LogP contribution in [0.5, 0.6) is 5.75 Å². The van der Waals surface area contributed by atoms with Crippen LogP contribution in [0.25, 0.3) is 0 Å². The van der Waals surface area contributed by atoms with Crippen molar-refractivity contribution in [2.45, 2.75) is 42.4 Å². The molecule has 0 amide bonds. The zero-order valence-corrected chi connectivity index (χ0v) is 27.0. The number of unbranched alkanes of at least 4 members (excludes halogenated alkanes) is 2. The Morgan fingerprint density at radius 3 is 1.85 bits per heavy atom. The molecule has 0 aromatic heterocycles. The second-order valence-electron chi connectivity index (χ2n) is 10.4. The largest absolute Gasteiger partial charge is 0.494 e. The molecule has 46 heavy (non-hydrogen) atoms. The third kappa shape index (κ3) is 14.6. The number of benzene rings is 2. The third-order valence-electron chi connectivity index (χ3n) is 6.80. The predicted octanol–water partition coefficient (Wildman–Crippen LogP) is 4.92. The summed E-state index contributed by atoms with van der Waals surface area (Å²) in [7, 11) is 2.22. The first-order valence-corrected chi connectivity index (χ1v) is 15.8. The topological polar surface area (TPSA) is 168 Å². The van der Waals surface area contributed by atoms with Crippen LogP contribution in [0.15, 0.2) is 76.6 Å². The number of nitrogens with zero attached hydrogens (tertiary/aromatic N) is 3. The predicted molar refractivity (Wildman–Crippen MR) is 176 cm³/mol. The number of carbonyl (C=O) groups is 4. The van der Waals surface area contributed by atoms with Crippen LogP contribution in [0.1, 0.15) is 32.6 Å². The molecule has 0 radical (unpaired) electrons. The number of para-hydroxylation sites is 1. The number of likely N-dealkylation sites (N-methyl/N-ethyl adjacent to an activating group) is 1. The second kappa shape index (κ2) is 20.7. The van der Waals surface area contributed by atoms with Crippen molar-refractivity contribution in [1.29, 1.82) is 0 Å². The molecule has 0 aliphatic carbocycles. The molecule has 4 N–H and O–H groups in total. The number of fused-ring (bicyclic) bond motifs is 2. The van der Waals surface area contributed by atoms with Gasteiger partial charge in [-0.15, -0.1) is 0 Å². The fraction of sp³-hybridized carbons (Fsp3) is 0.394. The first-order chi connectivity index (χ1) is 22.0. The molecule has 4 rings (SSSR count). The van der Waals surface area contributed by atoms with Crippen LogP contribution in [0.3, 0.4) is 0 Å². The standard InChI is InChI=1S/C25H35N3OS.2C4H4O4/c1-3-4-19-29-21-11-12-23-25(20-21)30-24-10-6-5-9-22(24)28(23)14-8-7-13-27-17-15-26(2)16-18-27;2*5-3(6)1-2-4(7)8/h5-6,9-12,20H,3-4,7-8,13-19H2,1-2H3;2*1-2H,(H,5,6)(H,7,8)/b;2*2-1-. The van der Waals surface area contributed by atoms with Gasteiger partial charge in [0.1, 0.15) is 5.75 Å². The summed E-state index contributed by atoms with van der Waals surface area (Å²) in [5, 5.41) is 31.2. The molecule has 250 valence electrons. The van der Waals surface area contributed by atoms with Gasteiger partial charge in [0.25, 0.3) is 0 Å². The molecule has 2 heterocycles. The number of anilines is 2. The zero-order chi connectivity index (χ0) is 33.9. The summed E-state index contributed by atoms with van der Waals surface area (Å²) in [6.07, 6.45) is 6.96. The van der Waals surface area contributed by atoms with Crippen molar-refractivity contribution in [2.75, 3.05) is 57.8 Å². The van der Waals surface area contributed by atoms with Gasteiger partial charge in [0.05, 0.1) is 18.0 Å². The van der Waals surface area contributed by atoms with Crippen LogP contribution in [-0.4, -0.2) is 107 Å². The lowest BCUT2D eigenvalue weighted by molar-refractivity contribution is -0.134. The van der Waals surface area contributed by atoms with E-state index >= 15 is 0 Å². The summed E-state index contributed by atoms with van der Waals surface area (Å²) in [6, 6.07) is 15.4. The molecule has 0 atom stereocenters. The number of piperazine rings is 1. The number of rotatable bonds is 13. The van der Waals surface area contributed by atoms with E-state index < -0.39 is 23.9 Å². The van der Waals surface area contributed by atoms with Crippen molar-refractivity contribution < 1.29 is 44.3 Å². The zero-order valence-electron chi connectivity index (χ0n) is 26.2. The van der Waals surface area contributed by atoms with Gasteiger partial charge in [-0.2, -0.15) is 0 Å². The maximum atomic E-state index is 9.55. The van der Waals surface area contributed by atoms with Crippen LogP contribution in [0.2, 0.25) is 0 Å². The Kier molecular flexibility index (Phi) is 17.0. The van der Waals surface area contributed by atoms with Gasteiger partial charge in [-0.05, 0) is 63.2 Å². The smallest absolute Gasteiger partial charge is 0.328 e. The highest BCUT2D eigenvalue weighted by molar-refractivity contribution is 7.99. The quantitative estimate of drug-likeness (QED) is 0.169. The minimum atomic E-state index is -1.26. The Balaban J connectivity index is 0.000000381. The second-order valence-corrected chi connectivity index (χ2v) is 11.5. The van der Waals surface area contributed by atoms with E-state index in [2.05, 4.69) is 71.1 Å². The van der Waals surface area contributed by atoms with Crippen molar-refractivity contribution in [3.05, 3.63) is 66.8 Å². The van der Waals surface area contributed by atoms with E-state index in [1.165, 1.54) is 66.7 Å². The van der Waals surface area contributed by atoms with Gasteiger partial charge < -0.3 is 39.9 Å². The summed E-state index contributed by atoms with van der Waals surface area (Å²) >= 11 is 1.87. The van der Waals surface area contributed by atoms with E-state index in [0.29, 0.717) is 24.3 Å². The molecular weight excluding hydrogens is 614 g/mol. The molecule has 13 heteroatoms. The van der Waals surface area contributed by atoms with E-state index in [1.807, 2.05) is 11.8 Å². The Labute approximate surface area is 273 Å². The fourth-order valence-corrected chi connectivity index (χ4v) is 5.57. The van der Waals surface area contributed by atoms with Gasteiger partial charge in [-0.3, -0.25) is 0 Å². The van der Waals surface area contributed by atoms with Crippen molar-refractivity contribution in [1.82, 2.24) is 9.80 Å². The number of hydrogen-bond donors (Lipinski definition) is 4. The molecule has 1 saturated heterocycles. The minimum Gasteiger partial charge on any atom is -0.494 e. The summed E-state index contributed by atoms with van der Waals surface area (Å²) < 4.78 is 5.97. The molecule has 0 spiro atoms. The molecule has 2 aromatic carbocycles. The molecule has 0 unspecified atom stereocenters. The summed E-state index contributed by atoms with van der Waals surface area (Å²) in [6.45, 7) is 10.1. The van der Waals surface area contributed by atoms with E-state index in [-0.39, 0.29) is 0 Å². The molecule has 2 aliphatic heterocycles. The van der Waals surface area contributed by atoms with E-state index in [1.54, 1.807) is 0 Å². The van der Waals surface area contributed by atoms with Crippen molar-refractivity contribution in [2.24, 2.45) is 0 Å². The van der Waals surface area contributed by atoms with Crippen molar-refractivity contribution in [3.8, 4) is 5.75 Å². The molecule has 0 saturated carbocycles. The van der Waals surface area contributed by atoms with Gasteiger partial charge in [-0.1, -0.05) is 37.2 Å². The van der Waals surface area contributed by atoms with Crippen LogP contribution in [0, 0.1) is 0 Å². The monoisotopic (exact) mass is 657 g/mol. The number of hydrogen-bond acceptors (Lipinski definition) is 9. The Hall–Kier alpha value is -4.33. The minimum absolute atomic E-state index is 0.558. The average molecular weight is 658 g/mol. The summed E-state index contributed by atoms with van der Waals surface area (Å²) in [5.41, 5.74) is 2.66. The Morgan fingerprint density at radius 2 is 1.28 bits per heavy atom. The van der Waals surface area contributed by atoms with Gasteiger partial charge in [-0.25, -0.2) is 19.2 Å². The molecule has 1 fully saturated rings. The lowest BCUT2D eigenvalue weighted by Gasteiger charge is -2.34. The van der Waals surface area contributed by atoms with E-state index in [0.717, 1.165) is 31.7 Å². The molecule has 0 bridgehead atoms. The average Bonchev–Trinajstić information content (AvgIpc) is 3.02. The van der Waals surface area contributed by atoms with E-state index in [4.69, 9.17) is 25.2 Å². The summed E-state index contributed by atoms with van der Waals surface area (Å²) in [5.74, 6) is -4.04. The summed E-state index contributed by atoms with van der Waals surface area (Å²) in [4.78, 5) is 48.4. The van der Waals surface area contributed by atoms with Crippen molar-refractivity contribution >= 4 is 47.0 Å². The van der Waals surface area contributed by atoms with Gasteiger partial charge >= 0.3 is 23.9 Å². The maximum absolute atomic E-state index is 9.55.